The number of hydrogen-bond acceptors (Lipinski definition) is 4. The summed E-state index contributed by atoms with van der Waals surface area (Å²) in [4.78, 5) is 14.3. The molecule has 0 atom stereocenters. The van der Waals surface area contributed by atoms with Gasteiger partial charge in [-0.2, -0.15) is 0 Å². The Balaban J connectivity index is 1.26. The van der Waals surface area contributed by atoms with Gasteiger partial charge < -0.3 is 8.98 Å². The van der Waals surface area contributed by atoms with Crippen molar-refractivity contribution in [2.24, 2.45) is 0 Å². The molecule has 0 saturated heterocycles. The molecule has 0 saturated carbocycles. The maximum atomic E-state index is 10.0. The van der Waals surface area contributed by atoms with E-state index in [0.717, 1.165) is 15.7 Å². The average Bonchev–Trinajstić information content (AvgIpc) is 3.99. The summed E-state index contributed by atoms with van der Waals surface area (Å²) in [6.45, 7) is 0. The van der Waals surface area contributed by atoms with Gasteiger partial charge in [0.05, 0.1) is 35.7 Å². The smallest absolute Gasteiger partial charge is 0.164 e. The minimum Gasteiger partial charge on any atom is -0.456 e. The van der Waals surface area contributed by atoms with E-state index in [9.17, 15) is 11.0 Å². The topological polar surface area (TPSA) is 56.7 Å². The third kappa shape index (κ3) is 5.45. The number of aromatic nitrogens is 4. The number of para-hydroxylation sites is 2. The minimum atomic E-state index is -0.918. The summed E-state index contributed by atoms with van der Waals surface area (Å²) >= 11 is 0. The second-order valence-electron chi connectivity index (χ2n) is 12.6. The van der Waals surface area contributed by atoms with E-state index < -0.39 is 148 Å². The Kier molecular flexibility index (Phi) is 4.33. The third-order valence-corrected chi connectivity index (χ3v) is 9.25. The van der Waals surface area contributed by atoms with Crippen molar-refractivity contribution in [3.8, 4) is 62.1 Å². The first-order valence-corrected chi connectivity index (χ1v) is 17.3. The lowest BCUT2D eigenvalue weighted by atomic mass is 10.0. The first-order chi connectivity index (χ1) is 35.3. The lowest BCUT2D eigenvalue weighted by Gasteiger charge is -2.12. The Labute approximate surface area is 348 Å². The van der Waals surface area contributed by atoms with Crippen molar-refractivity contribution in [3.05, 3.63) is 194 Å². The molecule has 5 heteroatoms. The molecule has 0 fully saturated rings. The Morgan fingerprint density at radius 2 is 1.00 bits per heavy atom. The lowest BCUT2D eigenvalue weighted by molar-refractivity contribution is 0.669. The summed E-state index contributed by atoms with van der Waals surface area (Å²) in [5.41, 5.74) is -1.53. The number of hydrogen-bond donors (Lipinski definition) is 0. The normalized spacial score (nSPS) is 16.1. The highest BCUT2D eigenvalue weighted by Gasteiger charge is 2.18. The summed E-state index contributed by atoms with van der Waals surface area (Å²) in [7, 11) is 0. The summed E-state index contributed by atoms with van der Waals surface area (Å²) < 4.78 is 171. The largest absolute Gasteiger partial charge is 0.456 e. The number of nitrogens with zero attached hydrogens (tertiary/aromatic N) is 4. The highest BCUT2D eigenvalue weighted by molar-refractivity contribution is 6.10. The molecule has 3 aromatic heterocycles. The monoisotopic (exact) mass is 734 g/mol. The summed E-state index contributed by atoms with van der Waals surface area (Å²) in [6.07, 6.45) is 0. The average molecular weight is 735 g/mol. The van der Waals surface area contributed by atoms with Gasteiger partial charge >= 0.3 is 0 Å². The van der Waals surface area contributed by atoms with Crippen LogP contribution in [-0.2, 0) is 0 Å². The van der Waals surface area contributed by atoms with E-state index in [1.165, 1.54) is 0 Å². The van der Waals surface area contributed by atoms with Crippen molar-refractivity contribution in [2.75, 3.05) is 0 Å². The van der Waals surface area contributed by atoms with Crippen LogP contribution in [0.2, 0.25) is 0 Å². The van der Waals surface area contributed by atoms with E-state index in [0.29, 0.717) is 11.1 Å². The van der Waals surface area contributed by atoms with Gasteiger partial charge in [-0.1, -0.05) is 145 Å². The van der Waals surface area contributed by atoms with Gasteiger partial charge in [0.1, 0.15) is 11.2 Å². The highest BCUT2D eigenvalue weighted by Crippen LogP contribution is 2.37. The number of furan rings is 1. The van der Waals surface area contributed by atoms with Crippen LogP contribution in [0.1, 0.15) is 24.7 Å². The van der Waals surface area contributed by atoms with Crippen molar-refractivity contribution in [1.29, 1.82) is 0 Å². The maximum absolute atomic E-state index is 10.0. The first kappa shape index (κ1) is 18.6. The van der Waals surface area contributed by atoms with Gasteiger partial charge in [-0.3, -0.25) is 0 Å². The van der Waals surface area contributed by atoms with Crippen LogP contribution in [-0.4, -0.2) is 19.5 Å². The van der Waals surface area contributed by atoms with E-state index in [2.05, 4.69) is 0 Å². The molecule has 5 nitrogen and oxygen atoms in total. The molecule has 0 aliphatic carbocycles. The Morgan fingerprint density at radius 1 is 0.393 bits per heavy atom. The Hall–Kier alpha value is -7.63. The van der Waals surface area contributed by atoms with E-state index >= 15 is 0 Å². The standard InChI is InChI=1S/C51H32N4O/c1-3-13-33(14-4-1)35-17-11-19-38(29-35)50-52-49(34-15-5-2-6-16-34)53-51(54-50)39-26-27-42-41-21-7-9-23-45(41)55(46(42)31-39)40-20-12-18-36(30-40)37-25-28-44-43-22-8-10-24-47(43)56-48(44)32-37/h1-32H/i7D,8D,9D,10D,12D,18D,20D,21D,22D,23D,24D,25D,26D,27D,28D,30D,31D,32D. The van der Waals surface area contributed by atoms with Crippen molar-refractivity contribution < 1.29 is 29.1 Å². The van der Waals surface area contributed by atoms with Crippen LogP contribution in [0, 0.1) is 0 Å². The molecular formula is C51H32N4O. The van der Waals surface area contributed by atoms with Gasteiger partial charge in [0, 0.05) is 43.9 Å². The van der Waals surface area contributed by atoms with Gasteiger partial charge in [0.2, 0.25) is 0 Å². The maximum Gasteiger partial charge on any atom is 0.164 e. The second kappa shape index (κ2) is 13.0. The van der Waals surface area contributed by atoms with Gasteiger partial charge in [-0.05, 0) is 70.6 Å². The van der Waals surface area contributed by atoms with E-state index in [4.69, 9.17) is 33.1 Å². The van der Waals surface area contributed by atoms with Gasteiger partial charge in [-0.25, -0.2) is 15.0 Å². The molecule has 0 spiro atoms. The molecule has 0 aliphatic rings. The van der Waals surface area contributed by atoms with Crippen LogP contribution in [0.5, 0.6) is 0 Å². The van der Waals surface area contributed by atoms with Crippen molar-refractivity contribution in [1.82, 2.24) is 19.5 Å². The van der Waals surface area contributed by atoms with E-state index in [1.54, 1.807) is 36.4 Å². The molecule has 0 radical (unpaired) electrons. The van der Waals surface area contributed by atoms with E-state index in [-0.39, 0.29) is 44.6 Å². The molecule has 0 amide bonds. The van der Waals surface area contributed by atoms with Gasteiger partial charge in [0.25, 0.3) is 0 Å². The van der Waals surface area contributed by atoms with Crippen molar-refractivity contribution in [3.63, 3.8) is 0 Å². The summed E-state index contributed by atoms with van der Waals surface area (Å²) in [6, 6.07) is 12.2. The molecular weight excluding hydrogens is 685 g/mol. The SMILES string of the molecule is [2H]c1c([2H])c(-c2c([2H])c([2H])c3c(oc4c([2H])c([2H])c([2H])c([2H])c43)c2[2H])c([2H])c(-n2c3c([2H])c([2H])c([2H])c([2H])c3c3c([2H])c([2H])c(-c4nc(-c5ccccc5)nc(-c5cccc(-c6ccccc6)c5)n4)c([2H])c32)c1[2H]. The lowest BCUT2D eigenvalue weighted by Crippen LogP contribution is -2.00. The first-order valence-electron chi connectivity index (χ1n) is 26.3. The molecule has 3 heterocycles. The second-order valence-corrected chi connectivity index (χ2v) is 12.6. The van der Waals surface area contributed by atoms with Crippen molar-refractivity contribution >= 4 is 43.7 Å². The van der Waals surface area contributed by atoms with Crippen LogP contribution in [0.4, 0.5) is 0 Å². The predicted octanol–water partition coefficient (Wildman–Crippen LogP) is 13.2. The molecule has 8 aromatic carbocycles. The van der Waals surface area contributed by atoms with E-state index in [1.807, 2.05) is 48.5 Å². The molecule has 11 aromatic rings. The fourth-order valence-electron chi connectivity index (χ4n) is 6.64. The quantitative estimate of drug-likeness (QED) is 0.171. The zero-order chi connectivity index (χ0) is 52.7. The molecule has 0 unspecified atom stereocenters. The summed E-state index contributed by atoms with van der Waals surface area (Å²) in [5, 5.41) is -1.37. The van der Waals surface area contributed by atoms with Crippen molar-refractivity contribution in [2.45, 2.75) is 0 Å². The summed E-state index contributed by atoms with van der Waals surface area (Å²) in [5.74, 6) is -0.0503. The molecule has 0 bridgehead atoms. The zero-order valence-corrected chi connectivity index (χ0v) is 28.8. The molecule has 11 rings (SSSR count). The minimum absolute atomic E-state index is 0.111. The van der Waals surface area contributed by atoms with Gasteiger partial charge in [-0.15, -0.1) is 0 Å². The van der Waals surface area contributed by atoms with Crippen LogP contribution in [0.3, 0.4) is 0 Å². The van der Waals surface area contributed by atoms with Crippen LogP contribution >= 0.6 is 0 Å². The zero-order valence-electron chi connectivity index (χ0n) is 46.8. The Morgan fingerprint density at radius 3 is 1.84 bits per heavy atom. The van der Waals surface area contributed by atoms with Gasteiger partial charge in [0.15, 0.2) is 17.5 Å². The molecule has 262 valence electrons. The number of fused-ring (bicyclic) bond motifs is 6. The number of benzene rings is 8. The number of rotatable bonds is 6. The Bertz CT molecular complexity index is 4300. The predicted molar refractivity (Wildman–Crippen MR) is 229 cm³/mol. The highest BCUT2D eigenvalue weighted by atomic mass is 16.3. The van der Waals surface area contributed by atoms with Crippen LogP contribution in [0.25, 0.3) is 106 Å². The van der Waals surface area contributed by atoms with Crippen LogP contribution in [0.15, 0.2) is 198 Å². The third-order valence-electron chi connectivity index (χ3n) is 9.25. The molecule has 0 aliphatic heterocycles. The van der Waals surface area contributed by atoms with Crippen LogP contribution < -0.4 is 0 Å². The fourth-order valence-corrected chi connectivity index (χ4v) is 6.64. The fraction of sp³-hybridized carbons (Fsp3) is 0. The molecule has 0 N–H and O–H groups in total. The molecule has 56 heavy (non-hydrogen) atoms.